The van der Waals surface area contributed by atoms with Gasteiger partial charge in [0.25, 0.3) is 11.6 Å². The first-order valence-corrected chi connectivity index (χ1v) is 8.92. The summed E-state index contributed by atoms with van der Waals surface area (Å²) in [6.07, 6.45) is 0.989. The number of carbonyl (C=O) groups is 1. The topological polar surface area (TPSA) is 66.7 Å². The lowest BCUT2D eigenvalue weighted by Gasteiger charge is -2.35. The Kier molecular flexibility index (Phi) is 5.85. The maximum absolute atomic E-state index is 12.6. The van der Waals surface area contributed by atoms with E-state index in [4.69, 9.17) is 11.6 Å². The second kappa shape index (κ2) is 8.29. The van der Waals surface area contributed by atoms with Crippen molar-refractivity contribution in [2.75, 3.05) is 32.7 Å². The molecule has 2 aromatic rings. The predicted molar refractivity (Wildman–Crippen MR) is 101 cm³/mol. The molecule has 7 heteroatoms. The van der Waals surface area contributed by atoms with E-state index < -0.39 is 4.92 Å². The molecule has 1 saturated heterocycles. The van der Waals surface area contributed by atoms with Crippen molar-refractivity contribution in [3.05, 3.63) is 74.8 Å². The molecule has 0 bridgehead atoms. The Morgan fingerprint density at radius 2 is 1.77 bits per heavy atom. The molecule has 0 spiro atoms. The first-order chi connectivity index (χ1) is 12.5. The van der Waals surface area contributed by atoms with Crippen LogP contribution in [0.3, 0.4) is 0 Å². The highest BCUT2D eigenvalue weighted by Gasteiger charge is 2.24. The number of carbonyl (C=O) groups excluding carboxylic acids is 1. The number of hydrogen-bond donors (Lipinski definition) is 0. The standard InChI is InChI=1S/C19H20ClN3O3/c20-18-14-16(23(25)26)6-7-17(18)19(24)22-12-10-21(11-13-22)9-8-15-4-2-1-3-5-15/h1-7,14H,8-13H2. The monoisotopic (exact) mass is 373 g/mol. The molecule has 6 nitrogen and oxygen atoms in total. The van der Waals surface area contributed by atoms with Crippen molar-refractivity contribution in [1.82, 2.24) is 9.80 Å². The van der Waals surface area contributed by atoms with Crippen molar-refractivity contribution in [1.29, 1.82) is 0 Å². The Balaban J connectivity index is 1.54. The lowest BCUT2D eigenvalue weighted by atomic mass is 10.1. The highest BCUT2D eigenvalue weighted by molar-refractivity contribution is 6.34. The van der Waals surface area contributed by atoms with Gasteiger partial charge in [0.15, 0.2) is 0 Å². The van der Waals surface area contributed by atoms with Gasteiger partial charge >= 0.3 is 0 Å². The Labute approximate surface area is 157 Å². The minimum atomic E-state index is -0.522. The van der Waals surface area contributed by atoms with E-state index in [-0.39, 0.29) is 16.6 Å². The molecule has 1 fully saturated rings. The lowest BCUT2D eigenvalue weighted by Crippen LogP contribution is -2.49. The van der Waals surface area contributed by atoms with Crippen LogP contribution in [0.25, 0.3) is 0 Å². The summed E-state index contributed by atoms with van der Waals surface area (Å²) in [6, 6.07) is 14.3. The van der Waals surface area contributed by atoms with E-state index in [1.807, 2.05) is 18.2 Å². The number of non-ortho nitro benzene ring substituents is 1. The zero-order valence-corrected chi connectivity index (χ0v) is 15.1. The van der Waals surface area contributed by atoms with Gasteiger partial charge < -0.3 is 4.90 Å². The average molecular weight is 374 g/mol. The Hall–Kier alpha value is -2.44. The van der Waals surface area contributed by atoms with E-state index in [1.165, 1.54) is 23.8 Å². The molecular weight excluding hydrogens is 354 g/mol. The summed E-state index contributed by atoms with van der Waals surface area (Å²) in [4.78, 5) is 27.0. The SMILES string of the molecule is O=C(c1ccc([N+](=O)[O-])cc1Cl)N1CCN(CCc2ccccc2)CC1. The number of amides is 1. The fourth-order valence-corrected chi connectivity index (χ4v) is 3.32. The number of nitrogens with zero attached hydrogens (tertiary/aromatic N) is 3. The largest absolute Gasteiger partial charge is 0.336 e. The number of halogens is 1. The summed E-state index contributed by atoms with van der Waals surface area (Å²) in [5.74, 6) is -0.174. The molecule has 0 radical (unpaired) electrons. The minimum absolute atomic E-state index is 0.114. The molecule has 0 atom stereocenters. The summed E-state index contributed by atoms with van der Waals surface area (Å²) < 4.78 is 0. The van der Waals surface area contributed by atoms with E-state index in [0.717, 1.165) is 26.1 Å². The smallest absolute Gasteiger partial charge is 0.270 e. The summed E-state index contributed by atoms with van der Waals surface area (Å²) in [7, 11) is 0. The average Bonchev–Trinajstić information content (AvgIpc) is 2.67. The second-order valence-electron chi connectivity index (χ2n) is 6.29. The third-order valence-electron chi connectivity index (χ3n) is 4.61. The van der Waals surface area contributed by atoms with Gasteiger partial charge in [-0.1, -0.05) is 41.9 Å². The van der Waals surface area contributed by atoms with Gasteiger partial charge in [0.1, 0.15) is 0 Å². The summed E-state index contributed by atoms with van der Waals surface area (Å²) in [5, 5.41) is 10.9. The lowest BCUT2D eigenvalue weighted by molar-refractivity contribution is -0.384. The predicted octanol–water partition coefficient (Wildman–Crippen LogP) is 3.25. The van der Waals surface area contributed by atoms with Crippen LogP contribution in [0.15, 0.2) is 48.5 Å². The Bertz CT molecular complexity index is 790. The van der Waals surface area contributed by atoms with E-state index in [0.29, 0.717) is 18.7 Å². The van der Waals surface area contributed by atoms with Crippen LogP contribution in [0.2, 0.25) is 5.02 Å². The zero-order chi connectivity index (χ0) is 18.5. The molecule has 1 heterocycles. The van der Waals surface area contributed by atoms with E-state index in [9.17, 15) is 14.9 Å². The zero-order valence-electron chi connectivity index (χ0n) is 14.3. The second-order valence-corrected chi connectivity index (χ2v) is 6.70. The number of piperazine rings is 1. The van der Waals surface area contributed by atoms with Crippen molar-refractivity contribution >= 4 is 23.2 Å². The van der Waals surface area contributed by atoms with Crippen LogP contribution in [0.4, 0.5) is 5.69 Å². The van der Waals surface area contributed by atoms with Crippen LogP contribution >= 0.6 is 11.6 Å². The maximum atomic E-state index is 12.6. The van der Waals surface area contributed by atoms with Crippen LogP contribution in [0, 0.1) is 10.1 Å². The molecule has 0 unspecified atom stereocenters. The van der Waals surface area contributed by atoms with E-state index >= 15 is 0 Å². The van der Waals surface area contributed by atoms with Gasteiger partial charge in [-0.15, -0.1) is 0 Å². The normalized spacial score (nSPS) is 15.0. The summed E-state index contributed by atoms with van der Waals surface area (Å²) in [5.41, 5.74) is 1.51. The highest BCUT2D eigenvalue weighted by Crippen LogP contribution is 2.24. The maximum Gasteiger partial charge on any atom is 0.270 e. The number of nitro groups is 1. The molecule has 0 aliphatic carbocycles. The van der Waals surface area contributed by atoms with Crippen LogP contribution in [0.1, 0.15) is 15.9 Å². The number of rotatable bonds is 5. The molecule has 1 aliphatic rings. The van der Waals surface area contributed by atoms with Crippen LogP contribution in [0.5, 0.6) is 0 Å². The molecule has 26 heavy (non-hydrogen) atoms. The number of hydrogen-bond acceptors (Lipinski definition) is 4. The van der Waals surface area contributed by atoms with Gasteiger partial charge in [-0.25, -0.2) is 0 Å². The van der Waals surface area contributed by atoms with E-state index in [1.54, 1.807) is 4.90 Å². The molecule has 0 aromatic heterocycles. The third kappa shape index (κ3) is 4.39. The van der Waals surface area contributed by atoms with Crippen molar-refractivity contribution in [2.24, 2.45) is 0 Å². The number of nitro benzene ring substituents is 1. The molecule has 136 valence electrons. The van der Waals surface area contributed by atoms with Gasteiger partial charge in [-0.3, -0.25) is 19.8 Å². The van der Waals surface area contributed by atoms with Crippen molar-refractivity contribution in [2.45, 2.75) is 6.42 Å². The summed E-state index contributed by atoms with van der Waals surface area (Å²) in [6.45, 7) is 3.83. The van der Waals surface area contributed by atoms with Gasteiger partial charge in [-0.05, 0) is 18.1 Å². The Morgan fingerprint density at radius 1 is 1.08 bits per heavy atom. The molecular formula is C19H20ClN3O3. The molecule has 3 rings (SSSR count). The summed E-state index contributed by atoms with van der Waals surface area (Å²) >= 11 is 6.07. The van der Waals surface area contributed by atoms with Gasteiger partial charge in [-0.2, -0.15) is 0 Å². The number of benzene rings is 2. The fourth-order valence-electron chi connectivity index (χ4n) is 3.07. The quantitative estimate of drug-likeness (QED) is 0.596. The molecule has 0 saturated carbocycles. The van der Waals surface area contributed by atoms with Crippen molar-refractivity contribution in [3.8, 4) is 0 Å². The minimum Gasteiger partial charge on any atom is -0.336 e. The fraction of sp³-hybridized carbons (Fsp3) is 0.316. The van der Waals surface area contributed by atoms with Crippen LogP contribution < -0.4 is 0 Å². The molecule has 0 N–H and O–H groups in total. The molecule has 2 aromatic carbocycles. The van der Waals surface area contributed by atoms with Gasteiger partial charge in [0.05, 0.1) is 15.5 Å². The first kappa shape index (κ1) is 18.4. The van der Waals surface area contributed by atoms with Gasteiger partial charge in [0, 0.05) is 44.9 Å². The van der Waals surface area contributed by atoms with Crippen LogP contribution in [-0.4, -0.2) is 53.4 Å². The van der Waals surface area contributed by atoms with Crippen LogP contribution in [-0.2, 0) is 6.42 Å². The van der Waals surface area contributed by atoms with Crippen molar-refractivity contribution in [3.63, 3.8) is 0 Å². The van der Waals surface area contributed by atoms with Gasteiger partial charge in [0.2, 0.25) is 0 Å². The molecule has 1 aliphatic heterocycles. The molecule has 1 amide bonds. The first-order valence-electron chi connectivity index (χ1n) is 8.54. The van der Waals surface area contributed by atoms with Crippen molar-refractivity contribution < 1.29 is 9.72 Å². The highest BCUT2D eigenvalue weighted by atomic mass is 35.5. The Morgan fingerprint density at radius 3 is 2.38 bits per heavy atom. The third-order valence-corrected chi connectivity index (χ3v) is 4.93. The van der Waals surface area contributed by atoms with E-state index in [2.05, 4.69) is 17.0 Å².